The number of hydrogen-bond acceptors (Lipinski definition) is 5. The van der Waals surface area contributed by atoms with E-state index in [0.717, 1.165) is 38.0 Å². The highest BCUT2D eigenvalue weighted by molar-refractivity contribution is 6.38. The highest BCUT2D eigenvalue weighted by Crippen LogP contribution is 2.50. The number of carbonyl (C=O) groups excluding carboxylic acids is 1. The van der Waals surface area contributed by atoms with Gasteiger partial charge in [-0.25, -0.2) is 9.80 Å². The maximum atomic E-state index is 12.5. The second-order valence-electron chi connectivity index (χ2n) is 6.87. The SMILES string of the molecule is CCOC(=O)C1=NN(c2ccccc2)C2(N3CCCC3)CCCC12. The van der Waals surface area contributed by atoms with Crippen molar-refractivity contribution in [2.75, 3.05) is 24.7 Å². The van der Waals surface area contributed by atoms with E-state index >= 15 is 0 Å². The summed E-state index contributed by atoms with van der Waals surface area (Å²) in [4.78, 5) is 15.1. The van der Waals surface area contributed by atoms with Crippen molar-refractivity contribution in [2.45, 2.75) is 44.7 Å². The molecule has 5 nitrogen and oxygen atoms in total. The van der Waals surface area contributed by atoms with Gasteiger partial charge in [0.05, 0.1) is 12.3 Å². The number of nitrogens with zero attached hydrogens (tertiary/aromatic N) is 3. The molecular formula is C19H25N3O2. The van der Waals surface area contributed by atoms with Gasteiger partial charge >= 0.3 is 5.97 Å². The number of benzene rings is 1. The molecule has 5 heteroatoms. The summed E-state index contributed by atoms with van der Waals surface area (Å²) in [5, 5.41) is 6.94. The number of fused-ring (bicyclic) bond motifs is 1. The molecule has 0 N–H and O–H groups in total. The minimum absolute atomic E-state index is 0.148. The second kappa shape index (κ2) is 6.20. The summed E-state index contributed by atoms with van der Waals surface area (Å²) in [6.07, 6.45) is 5.65. The van der Waals surface area contributed by atoms with E-state index in [0.29, 0.717) is 12.3 Å². The molecule has 2 atom stereocenters. The highest BCUT2D eigenvalue weighted by atomic mass is 16.5. The topological polar surface area (TPSA) is 45.1 Å². The fourth-order valence-electron chi connectivity index (χ4n) is 4.70. The number of hydrogen-bond donors (Lipinski definition) is 0. The third-order valence-corrected chi connectivity index (χ3v) is 5.64. The third kappa shape index (κ3) is 2.25. The molecule has 4 rings (SSSR count). The Balaban J connectivity index is 1.78. The fraction of sp³-hybridized carbons (Fsp3) is 0.579. The molecule has 0 radical (unpaired) electrons. The van der Waals surface area contributed by atoms with Gasteiger partial charge in [-0.05, 0) is 51.2 Å². The Labute approximate surface area is 143 Å². The zero-order chi connectivity index (χ0) is 16.6. The molecule has 1 saturated carbocycles. The number of rotatable bonds is 4. The lowest BCUT2D eigenvalue weighted by Gasteiger charge is -2.45. The van der Waals surface area contributed by atoms with Crippen molar-refractivity contribution in [1.82, 2.24) is 4.90 Å². The van der Waals surface area contributed by atoms with Crippen LogP contribution in [-0.4, -0.2) is 41.9 Å². The van der Waals surface area contributed by atoms with E-state index < -0.39 is 0 Å². The minimum Gasteiger partial charge on any atom is -0.461 e. The van der Waals surface area contributed by atoms with E-state index in [9.17, 15) is 4.79 Å². The Kier molecular flexibility index (Phi) is 4.04. The van der Waals surface area contributed by atoms with Crippen LogP contribution in [0.25, 0.3) is 0 Å². The maximum Gasteiger partial charge on any atom is 0.354 e. The van der Waals surface area contributed by atoms with Gasteiger partial charge < -0.3 is 4.74 Å². The summed E-state index contributed by atoms with van der Waals surface area (Å²) < 4.78 is 5.31. The van der Waals surface area contributed by atoms with Crippen molar-refractivity contribution in [3.05, 3.63) is 30.3 Å². The van der Waals surface area contributed by atoms with Gasteiger partial charge in [0.1, 0.15) is 5.66 Å². The Hall–Kier alpha value is -1.88. The van der Waals surface area contributed by atoms with Crippen LogP contribution in [-0.2, 0) is 9.53 Å². The van der Waals surface area contributed by atoms with Gasteiger partial charge in [-0.2, -0.15) is 5.10 Å². The van der Waals surface area contributed by atoms with E-state index in [1.54, 1.807) is 0 Å². The smallest absolute Gasteiger partial charge is 0.354 e. The average Bonchev–Trinajstić information content (AvgIpc) is 3.31. The monoisotopic (exact) mass is 327 g/mol. The fourth-order valence-corrected chi connectivity index (χ4v) is 4.70. The molecule has 0 spiro atoms. The van der Waals surface area contributed by atoms with E-state index in [-0.39, 0.29) is 17.6 Å². The van der Waals surface area contributed by atoms with Crippen molar-refractivity contribution in [3.8, 4) is 0 Å². The number of hydrazone groups is 1. The number of esters is 1. The molecule has 1 aliphatic carbocycles. The van der Waals surface area contributed by atoms with Crippen LogP contribution in [0.1, 0.15) is 39.0 Å². The molecule has 0 aromatic heterocycles. The van der Waals surface area contributed by atoms with E-state index in [2.05, 4.69) is 22.0 Å². The highest BCUT2D eigenvalue weighted by Gasteiger charge is 2.59. The number of para-hydroxylation sites is 1. The van der Waals surface area contributed by atoms with Gasteiger partial charge in [-0.1, -0.05) is 18.2 Å². The molecule has 2 heterocycles. The Morgan fingerprint density at radius 2 is 2.00 bits per heavy atom. The van der Waals surface area contributed by atoms with Gasteiger partial charge in [-0.3, -0.25) is 4.90 Å². The van der Waals surface area contributed by atoms with Crippen molar-refractivity contribution in [2.24, 2.45) is 11.0 Å². The number of carbonyl (C=O) groups is 1. The maximum absolute atomic E-state index is 12.5. The lowest BCUT2D eigenvalue weighted by atomic mass is 9.90. The van der Waals surface area contributed by atoms with Crippen molar-refractivity contribution in [1.29, 1.82) is 0 Å². The largest absolute Gasteiger partial charge is 0.461 e. The summed E-state index contributed by atoms with van der Waals surface area (Å²) in [7, 11) is 0. The standard InChI is InChI=1S/C19H25N3O2/c1-2-24-18(23)17-16-11-8-12-19(16,21-13-6-7-14-21)22(20-17)15-9-4-3-5-10-15/h3-5,9-10,16H,2,6-8,11-14H2,1H3. The van der Waals surface area contributed by atoms with Crippen LogP contribution in [0, 0.1) is 5.92 Å². The first-order valence-electron chi connectivity index (χ1n) is 9.13. The number of ether oxygens (including phenoxy) is 1. The van der Waals surface area contributed by atoms with E-state index in [4.69, 9.17) is 9.84 Å². The predicted octanol–water partition coefficient (Wildman–Crippen LogP) is 3.02. The van der Waals surface area contributed by atoms with Crippen molar-refractivity contribution >= 4 is 17.4 Å². The molecular weight excluding hydrogens is 302 g/mol. The molecule has 2 aliphatic heterocycles. The minimum atomic E-state index is -0.244. The van der Waals surface area contributed by atoms with E-state index in [1.807, 2.05) is 25.1 Å². The van der Waals surface area contributed by atoms with Crippen LogP contribution in [0.4, 0.5) is 5.69 Å². The van der Waals surface area contributed by atoms with Crippen LogP contribution >= 0.6 is 0 Å². The Morgan fingerprint density at radius 3 is 2.71 bits per heavy atom. The third-order valence-electron chi connectivity index (χ3n) is 5.64. The van der Waals surface area contributed by atoms with Crippen LogP contribution in [0.2, 0.25) is 0 Å². The molecule has 24 heavy (non-hydrogen) atoms. The summed E-state index contributed by atoms with van der Waals surface area (Å²) in [6.45, 7) is 4.42. The van der Waals surface area contributed by atoms with Gasteiger partial charge in [0.25, 0.3) is 0 Å². The first kappa shape index (κ1) is 15.6. The van der Waals surface area contributed by atoms with Gasteiger partial charge in [0.2, 0.25) is 0 Å². The zero-order valence-electron chi connectivity index (χ0n) is 14.3. The zero-order valence-corrected chi connectivity index (χ0v) is 14.3. The molecule has 2 unspecified atom stereocenters. The molecule has 128 valence electrons. The molecule has 0 amide bonds. The molecule has 1 aromatic carbocycles. The van der Waals surface area contributed by atoms with E-state index in [1.165, 1.54) is 12.8 Å². The normalized spacial score (nSPS) is 29.6. The summed E-state index contributed by atoms with van der Waals surface area (Å²) in [6, 6.07) is 10.3. The number of likely N-dealkylation sites (tertiary alicyclic amines) is 1. The summed E-state index contributed by atoms with van der Waals surface area (Å²) in [5.41, 5.74) is 1.50. The quantitative estimate of drug-likeness (QED) is 0.798. The first-order chi connectivity index (χ1) is 11.8. The number of anilines is 1. The summed E-state index contributed by atoms with van der Waals surface area (Å²) >= 11 is 0. The van der Waals surface area contributed by atoms with Gasteiger partial charge in [-0.15, -0.1) is 0 Å². The average molecular weight is 327 g/mol. The predicted molar refractivity (Wildman–Crippen MR) is 93.9 cm³/mol. The molecule has 3 aliphatic rings. The van der Waals surface area contributed by atoms with Crippen LogP contribution in [0.5, 0.6) is 0 Å². The first-order valence-corrected chi connectivity index (χ1v) is 9.13. The van der Waals surface area contributed by atoms with Crippen molar-refractivity contribution in [3.63, 3.8) is 0 Å². The van der Waals surface area contributed by atoms with Crippen molar-refractivity contribution < 1.29 is 9.53 Å². The lowest BCUT2D eigenvalue weighted by molar-refractivity contribution is -0.135. The van der Waals surface area contributed by atoms with Gasteiger partial charge in [0.15, 0.2) is 5.71 Å². The second-order valence-corrected chi connectivity index (χ2v) is 6.87. The Bertz CT molecular complexity index is 639. The molecule has 1 saturated heterocycles. The van der Waals surface area contributed by atoms with Gasteiger partial charge in [0, 0.05) is 19.0 Å². The molecule has 0 bridgehead atoms. The molecule has 2 fully saturated rings. The van der Waals surface area contributed by atoms with Crippen LogP contribution < -0.4 is 5.01 Å². The Morgan fingerprint density at radius 1 is 1.25 bits per heavy atom. The lowest BCUT2D eigenvalue weighted by Crippen LogP contribution is -2.58. The van der Waals surface area contributed by atoms with Crippen LogP contribution in [0.3, 0.4) is 0 Å². The molecule has 1 aromatic rings. The summed E-state index contributed by atoms with van der Waals surface area (Å²) in [5.74, 6) is -0.0961. The van der Waals surface area contributed by atoms with Crippen LogP contribution in [0.15, 0.2) is 35.4 Å².